The molecule has 1 aliphatic heterocycles. The van der Waals surface area contributed by atoms with E-state index in [2.05, 4.69) is 79.4 Å². The number of hydrogen-bond acceptors (Lipinski definition) is 4. The van der Waals surface area contributed by atoms with Gasteiger partial charge in [0, 0.05) is 19.3 Å². The number of rotatable bonds is 6. The third kappa shape index (κ3) is 4.39. The Hall–Kier alpha value is -3.18. The lowest BCUT2D eigenvalue weighted by atomic mass is 9.88. The summed E-state index contributed by atoms with van der Waals surface area (Å²) in [7, 11) is 2.12. The van der Waals surface area contributed by atoms with Crippen molar-refractivity contribution in [3.63, 3.8) is 0 Å². The monoisotopic (exact) mass is 429 g/mol. The summed E-state index contributed by atoms with van der Waals surface area (Å²) in [5.41, 5.74) is 8.68. The van der Waals surface area contributed by atoms with E-state index >= 15 is 0 Å². The second kappa shape index (κ2) is 9.13. The fourth-order valence-corrected chi connectivity index (χ4v) is 4.57. The number of hydrogen-bond donors (Lipinski definition) is 2. The third-order valence-corrected chi connectivity index (χ3v) is 6.53. The number of aryl methyl sites for hydroxylation is 1. The van der Waals surface area contributed by atoms with E-state index in [0.717, 1.165) is 13.0 Å². The van der Waals surface area contributed by atoms with Gasteiger partial charge in [0.15, 0.2) is 0 Å². The number of carboxylic acids is 1. The van der Waals surface area contributed by atoms with Crippen LogP contribution in [0.1, 0.15) is 58.4 Å². The molecule has 0 saturated heterocycles. The number of anilines is 1. The summed E-state index contributed by atoms with van der Waals surface area (Å²) in [6.45, 7) is 8.23. The van der Waals surface area contributed by atoms with Crippen molar-refractivity contribution in [2.45, 2.75) is 39.2 Å². The zero-order valence-electron chi connectivity index (χ0n) is 19.2. The maximum Gasteiger partial charge on any atom is 0.337 e. The quantitative estimate of drug-likeness (QED) is 0.540. The minimum Gasteiger partial charge on any atom is -0.478 e. The first-order chi connectivity index (χ1) is 15.3. The Morgan fingerprint density at radius 1 is 1.22 bits per heavy atom. The largest absolute Gasteiger partial charge is 0.478 e. The van der Waals surface area contributed by atoms with Crippen LogP contribution in [0.3, 0.4) is 0 Å². The number of carbonyl (C=O) groups is 1. The van der Waals surface area contributed by atoms with E-state index in [1.807, 2.05) is 0 Å². The van der Waals surface area contributed by atoms with Crippen LogP contribution in [0.15, 0.2) is 54.9 Å². The fraction of sp³-hybridized carbons (Fsp3) is 0.333. The zero-order valence-corrected chi connectivity index (χ0v) is 19.2. The number of nitrogens with zero attached hydrogens (tertiary/aromatic N) is 2. The highest BCUT2D eigenvalue weighted by Gasteiger charge is 2.25. The fourth-order valence-electron chi connectivity index (χ4n) is 4.57. The average Bonchev–Trinajstić information content (AvgIpc) is 2.78. The third-order valence-electron chi connectivity index (χ3n) is 6.53. The molecule has 166 valence electrons. The van der Waals surface area contributed by atoms with Crippen LogP contribution in [-0.4, -0.2) is 41.1 Å². The van der Waals surface area contributed by atoms with Crippen molar-refractivity contribution in [1.82, 2.24) is 9.88 Å². The van der Waals surface area contributed by atoms with Crippen molar-refractivity contribution in [3.8, 4) is 11.1 Å². The molecule has 4 rings (SSSR count). The Morgan fingerprint density at radius 2 is 2.03 bits per heavy atom. The number of pyridine rings is 1. The van der Waals surface area contributed by atoms with E-state index in [9.17, 15) is 9.90 Å². The van der Waals surface area contributed by atoms with Gasteiger partial charge in [-0.3, -0.25) is 9.88 Å². The molecule has 0 amide bonds. The van der Waals surface area contributed by atoms with Crippen LogP contribution in [-0.2, 0) is 6.42 Å². The first-order valence-corrected chi connectivity index (χ1v) is 11.2. The summed E-state index contributed by atoms with van der Waals surface area (Å²) >= 11 is 0. The van der Waals surface area contributed by atoms with Crippen molar-refractivity contribution < 1.29 is 9.90 Å². The predicted octanol–water partition coefficient (Wildman–Crippen LogP) is 5.52. The van der Waals surface area contributed by atoms with Crippen LogP contribution in [0.4, 0.5) is 5.69 Å². The number of likely N-dealkylation sites (N-methyl/N-ethyl adjacent to an activating group) is 1. The molecule has 1 aromatic heterocycles. The summed E-state index contributed by atoms with van der Waals surface area (Å²) in [6, 6.07) is 15.3. The second-order valence-electron chi connectivity index (χ2n) is 9.00. The van der Waals surface area contributed by atoms with Gasteiger partial charge in [0.2, 0.25) is 0 Å². The van der Waals surface area contributed by atoms with Crippen LogP contribution in [0.2, 0.25) is 0 Å². The molecular weight excluding hydrogens is 398 g/mol. The smallest absolute Gasteiger partial charge is 0.337 e. The van der Waals surface area contributed by atoms with Gasteiger partial charge in [0.05, 0.1) is 23.5 Å². The molecular formula is C27H31N3O2. The summed E-state index contributed by atoms with van der Waals surface area (Å²) in [4.78, 5) is 17.9. The number of aromatic nitrogens is 1. The van der Waals surface area contributed by atoms with Gasteiger partial charge in [0.25, 0.3) is 0 Å². The van der Waals surface area contributed by atoms with Gasteiger partial charge in [-0.25, -0.2) is 4.79 Å². The molecule has 1 unspecified atom stereocenters. The number of benzene rings is 2. The zero-order chi connectivity index (χ0) is 22.8. The van der Waals surface area contributed by atoms with Crippen molar-refractivity contribution >= 4 is 11.7 Å². The average molecular weight is 430 g/mol. The Bertz CT molecular complexity index is 1140. The van der Waals surface area contributed by atoms with E-state index in [1.165, 1.54) is 45.6 Å². The van der Waals surface area contributed by atoms with E-state index in [4.69, 9.17) is 0 Å². The molecule has 0 saturated carbocycles. The second-order valence-corrected chi connectivity index (χ2v) is 9.00. The Balaban J connectivity index is 1.60. The van der Waals surface area contributed by atoms with Gasteiger partial charge < -0.3 is 10.4 Å². The Morgan fingerprint density at radius 3 is 2.75 bits per heavy atom. The van der Waals surface area contributed by atoms with Crippen LogP contribution in [0, 0.1) is 6.92 Å². The van der Waals surface area contributed by atoms with Crippen LogP contribution in [0.25, 0.3) is 11.1 Å². The molecule has 1 aliphatic rings. The summed E-state index contributed by atoms with van der Waals surface area (Å²) in [5, 5.41) is 12.8. The molecule has 0 aliphatic carbocycles. The highest BCUT2D eigenvalue weighted by molar-refractivity contribution is 5.93. The van der Waals surface area contributed by atoms with Gasteiger partial charge in [-0.15, -0.1) is 0 Å². The normalized spacial score (nSPS) is 16.1. The van der Waals surface area contributed by atoms with Crippen molar-refractivity contribution in [2.24, 2.45) is 0 Å². The topological polar surface area (TPSA) is 65.5 Å². The molecule has 3 aromatic rings. The number of fused-ring (bicyclic) bond motifs is 1. The Labute approximate surface area is 190 Å². The first kappa shape index (κ1) is 22.0. The van der Waals surface area contributed by atoms with Gasteiger partial charge in [-0.2, -0.15) is 0 Å². The van der Waals surface area contributed by atoms with Crippen LogP contribution < -0.4 is 5.32 Å². The maximum absolute atomic E-state index is 11.5. The van der Waals surface area contributed by atoms with E-state index < -0.39 is 5.97 Å². The molecule has 2 N–H and O–H groups in total. The van der Waals surface area contributed by atoms with Gasteiger partial charge >= 0.3 is 5.97 Å². The molecule has 5 heteroatoms. The van der Waals surface area contributed by atoms with Crippen LogP contribution in [0.5, 0.6) is 0 Å². The van der Waals surface area contributed by atoms with Crippen molar-refractivity contribution in [2.75, 3.05) is 25.5 Å². The molecule has 0 fully saturated rings. The minimum absolute atomic E-state index is 0.166. The summed E-state index contributed by atoms with van der Waals surface area (Å²) < 4.78 is 0. The molecule has 32 heavy (non-hydrogen) atoms. The van der Waals surface area contributed by atoms with Crippen LogP contribution >= 0.6 is 0 Å². The van der Waals surface area contributed by atoms with E-state index in [-0.39, 0.29) is 11.6 Å². The van der Waals surface area contributed by atoms with E-state index in [1.54, 1.807) is 6.20 Å². The lowest BCUT2D eigenvalue weighted by molar-refractivity contribution is 0.0697. The van der Waals surface area contributed by atoms with E-state index in [0.29, 0.717) is 18.2 Å². The number of carboxylic acid groups (broad SMARTS) is 1. The number of nitrogens with one attached hydrogen (secondary N) is 1. The standard InChI is InChI=1S/C27H31N3O2/c1-17(2)19-5-7-22(18(3)13-19)20-6-8-23-21(14-20)10-12-30(4)26(23)16-29-25-15-28-11-9-24(25)27(31)32/h5-9,11,13-15,17,26,29H,10,12,16H2,1-4H3,(H,31,32). The molecule has 0 bridgehead atoms. The lowest BCUT2D eigenvalue weighted by Gasteiger charge is -2.35. The van der Waals surface area contributed by atoms with Gasteiger partial charge in [0.1, 0.15) is 0 Å². The van der Waals surface area contributed by atoms with Crippen molar-refractivity contribution in [3.05, 3.63) is 82.7 Å². The first-order valence-electron chi connectivity index (χ1n) is 11.2. The summed E-state index contributed by atoms with van der Waals surface area (Å²) in [6.07, 6.45) is 4.10. The molecule has 0 radical (unpaired) electrons. The Kier molecular flexibility index (Phi) is 6.28. The minimum atomic E-state index is -0.948. The summed E-state index contributed by atoms with van der Waals surface area (Å²) in [5.74, 6) is -0.424. The SMILES string of the molecule is Cc1cc(C(C)C)ccc1-c1ccc2c(c1)CCN(C)C2CNc1cnccc1C(=O)O. The van der Waals surface area contributed by atoms with Gasteiger partial charge in [-0.05, 0) is 65.8 Å². The van der Waals surface area contributed by atoms with Gasteiger partial charge in [-0.1, -0.05) is 50.2 Å². The predicted molar refractivity (Wildman–Crippen MR) is 129 cm³/mol. The molecule has 2 aromatic carbocycles. The number of aromatic carboxylic acids is 1. The molecule has 1 atom stereocenters. The highest BCUT2D eigenvalue weighted by atomic mass is 16.4. The lowest BCUT2D eigenvalue weighted by Crippen LogP contribution is -2.36. The van der Waals surface area contributed by atoms with Crippen molar-refractivity contribution in [1.29, 1.82) is 0 Å². The molecule has 2 heterocycles. The molecule has 0 spiro atoms. The molecule has 5 nitrogen and oxygen atoms in total. The maximum atomic E-state index is 11.5. The highest BCUT2D eigenvalue weighted by Crippen LogP contribution is 2.34.